The third kappa shape index (κ3) is 2.45. The predicted molar refractivity (Wildman–Crippen MR) is 84.2 cm³/mol. The first-order valence-electron chi connectivity index (χ1n) is 8.69. The summed E-state index contributed by atoms with van der Waals surface area (Å²) in [5, 5.41) is 0. The maximum absolute atomic E-state index is 13.0. The van der Waals surface area contributed by atoms with Gasteiger partial charge in [-0.25, -0.2) is 0 Å². The van der Waals surface area contributed by atoms with Gasteiger partial charge in [0.1, 0.15) is 0 Å². The number of carbonyl (C=O) groups excluding carboxylic acids is 1. The Bertz CT molecular complexity index is 659. The van der Waals surface area contributed by atoms with Gasteiger partial charge in [-0.3, -0.25) is 4.79 Å². The Hall–Kier alpha value is -1.79. The van der Waals surface area contributed by atoms with Crippen LogP contribution in [0.3, 0.4) is 0 Å². The van der Waals surface area contributed by atoms with E-state index in [-0.39, 0.29) is 24.8 Å². The zero-order valence-electron chi connectivity index (χ0n) is 13.5. The first kappa shape index (κ1) is 14.5. The Kier molecular flexibility index (Phi) is 3.41. The van der Waals surface area contributed by atoms with Gasteiger partial charge in [0.15, 0.2) is 11.5 Å². The number of fused-ring (bicyclic) bond motifs is 2. The van der Waals surface area contributed by atoms with Gasteiger partial charge in [0.2, 0.25) is 6.79 Å². The number of likely N-dealkylation sites (tertiary alicyclic amines) is 1. The summed E-state index contributed by atoms with van der Waals surface area (Å²) < 4.78 is 22.5. The molecule has 128 valence electrons. The van der Waals surface area contributed by atoms with Crippen molar-refractivity contribution in [3.05, 3.63) is 23.8 Å². The second-order valence-corrected chi connectivity index (χ2v) is 7.11. The largest absolute Gasteiger partial charge is 0.454 e. The fourth-order valence-electron chi connectivity index (χ4n) is 3.85. The molecule has 5 rings (SSSR count). The molecule has 0 spiro atoms. The maximum Gasteiger partial charge on any atom is 0.254 e. The minimum Gasteiger partial charge on any atom is -0.454 e. The average Bonchev–Trinajstić information content (AvgIpc) is 3.01. The van der Waals surface area contributed by atoms with E-state index < -0.39 is 0 Å². The number of benzene rings is 1. The SMILES string of the molecule is O=C(c1ccc2c(c1)OCO2)N1C[C@@H](OCC2CC2)[C@@H]2COC[C@@H]21. The molecule has 24 heavy (non-hydrogen) atoms. The van der Waals surface area contributed by atoms with Crippen LogP contribution in [0, 0.1) is 11.8 Å². The molecule has 2 saturated heterocycles. The van der Waals surface area contributed by atoms with Crippen molar-refractivity contribution < 1.29 is 23.7 Å². The third-order valence-electron chi connectivity index (χ3n) is 5.47. The minimum absolute atomic E-state index is 0.0197. The lowest BCUT2D eigenvalue weighted by molar-refractivity contribution is 0.0141. The van der Waals surface area contributed by atoms with Gasteiger partial charge in [0.25, 0.3) is 5.91 Å². The van der Waals surface area contributed by atoms with Crippen molar-refractivity contribution in [1.82, 2.24) is 4.90 Å². The molecule has 3 fully saturated rings. The van der Waals surface area contributed by atoms with Crippen molar-refractivity contribution in [2.24, 2.45) is 11.8 Å². The number of carbonyl (C=O) groups is 1. The lowest BCUT2D eigenvalue weighted by Gasteiger charge is -2.22. The minimum atomic E-state index is 0.0197. The van der Waals surface area contributed by atoms with Crippen molar-refractivity contribution in [1.29, 1.82) is 0 Å². The fraction of sp³-hybridized carbons (Fsp3) is 0.611. The zero-order chi connectivity index (χ0) is 16.1. The molecule has 3 heterocycles. The molecule has 1 saturated carbocycles. The van der Waals surface area contributed by atoms with Gasteiger partial charge in [0, 0.05) is 24.6 Å². The molecular formula is C18H21NO5. The number of hydrogen-bond donors (Lipinski definition) is 0. The molecule has 6 nitrogen and oxygen atoms in total. The van der Waals surface area contributed by atoms with Gasteiger partial charge in [-0.05, 0) is 37.0 Å². The summed E-state index contributed by atoms with van der Waals surface area (Å²) in [5.41, 5.74) is 0.632. The van der Waals surface area contributed by atoms with Crippen LogP contribution in [0.2, 0.25) is 0 Å². The Morgan fingerprint density at radius 3 is 2.96 bits per heavy atom. The number of rotatable bonds is 4. The van der Waals surface area contributed by atoms with Crippen molar-refractivity contribution in [2.45, 2.75) is 25.0 Å². The molecule has 1 aromatic rings. The van der Waals surface area contributed by atoms with Gasteiger partial charge in [-0.1, -0.05) is 0 Å². The van der Waals surface area contributed by atoms with Gasteiger partial charge in [-0.15, -0.1) is 0 Å². The molecule has 4 aliphatic rings. The number of nitrogens with zero attached hydrogens (tertiary/aromatic N) is 1. The van der Waals surface area contributed by atoms with Gasteiger partial charge >= 0.3 is 0 Å². The second kappa shape index (κ2) is 5.63. The summed E-state index contributed by atoms with van der Waals surface area (Å²) >= 11 is 0. The first-order valence-corrected chi connectivity index (χ1v) is 8.69. The van der Waals surface area contributed by atoms with Crippen LogP contribution in [0.1, 0.15) is 23.2 Å². The molecule has 0 aromatic heterocycles. The van der Waals surface area contributed by atoms with Crippen LogP contribution in [0.15, 0.2) is 18.2 Å². The summed E-state index contributed by atoms with van der Waals surface area (Å²) in [6, 6.07) is 5.49. The van der Waals surface area contributed by atoms with E-state index >= 15 is 0 Å². The fourth-order valence-corrected chi connectivity index (χ4v) is 3.85. The van der Waals surface area contributed by atoms with Crippen LogP contribution >= 0.6 is 0 Å². The van der Waals surface area contributed by atoms with Crippen molar-refractivity contribution >= 4 is 5.91 Å². The highest BCUT2D eigenvalue weighted by molar-refractivity contribution is 5.95. The summed E-state index contributed by atoms with van der Waals surface area (Å²) in [5.74, 6) is 2.37. The Balaban J connectivity index is 1.34. The average molecular weight is 331 g/mol. The van der Waals surface area contributed by atoms with Gasteiger partial charge in [-0.2, -0.15) is 0 Å². The number of ether oxygens (including phenoxy) is 4. The molecule has 0 N–H and O–H groups in total. The Morgan fingerprint density at radius 1 is 1.21 bits per heavy atom. The molecule has 3 aliphatic heterocycles. The summed E-state index contributed by atoms with van der Waals surface area (Å²) in [6.07, 6.45) is 2.64. The summed E-state index contributed by atoms with van der Waals surface area (Å²) in [7, 11) is 0. The Labute approximate surface area is 140 Å². The van der Waals surface area contributed by atoms with Crippen molar-refractivity contribution in [2.75, 3.05) is 33.2 Å². The first-order chi connectivity index (χ1) is 11.8. The second-order valence-electron chi connectivity index (χ2n) is 7.11. The lowest BCUT2D eigenvalue weighted by Crippen LogP contribution is -2.38. The van der Waals surface area contributed by atoms with E-state index in [1.807, 2.05) is 4.90 Å². The smallest absolute Gasteiger partial charge is 0.254 e. The molecule has 1 aliphatic carbocycles. The molecule has 0 bridgehead atoms. The van der Waals surface area contributed by atoms with Crippen LogP contribution < -0.4 is 9.47 Å². The number of amides is 1. The van der Waals surface area contributed by atoms with E-state index in [9.17, 15) is 4.79 Å². The van der Waals surface area contributed by atoms with Gasteiger partial charge < -0.3 is 23.8 Å². The highest BCUT2D eigenvalue weighted by atomic mass is 16.7. The predicted octanol–water partition coefficient (Wildman–Crippen LogP) is 1.68. The highest BCUT2D eigenvalue weighted by Gasteiger charge is 2.48. The molecule has 1 aromatic carbocycles. The van der Waals surface area contributed by atoms with Crippen LogP contribution in [-0.4, -0.2) is 56.1 Å². The van der Waals surface area contributed by atoms with E-state index in [2.05, 4.69) is 0 Å². The monoisotopic (exact) mass is 331 g/mol. The molecule has 1 amide bonds. The third-order valence-corrected chi connectivity index (χ3v) is 5.47. The summed E-state index contributed by atoms with van der Waals surface area (Å²) in [6.45, 7) is 2.97. The van der Waals surface area contributed by atoms with Crippen molar-refractivity contribution in [3.8, 4) is 11.5 Å². The van der Waals surface area contributed by atoms with Crippen LogP contribution in [0.5, 0.6) is 11.5 Å². The van der Waals surface area contributed by atoms with Crippen LogP contribution in [0.25, 0.3) is 0 Å². The zero-order valence-corrected chi connectivity index (χ0v) is 13.5. The van der Waals surface area contributed by atoms with E-state index in [4.69, 9.17) is 18.9 Å². The van der Waals surface area contributed by atoms with Crippen molar-refractivity contribution in [3.63, 3.8) is 0 Å². The molecule has 3 atom stereocenters. The van der Waals surface area contributed by atoms with E-state index in [0.29, 0.717) is 42.7 Å². The standard InChI is InChI=1S/C18H21NO5/c20-18(12-3-4-15-16(5-12)24-10-23-15)19-6-17(22-7-11-1-2-11)13-8-21-9-14(13)19/h3-5,11,13-14,17H,1-2,6-10H2/t13-,14+,17-/m1/s1. The molecule has 6 heteroatoms. The maximum atomic E-state index is 13.0. The number of hydrogen-bond acceptors (Lipinski definition) is 5. The lowest BCUT2D eigenvalue weighted by atomic mass is 10.0. The normalized spacial score (nSPS) is 30.7. The van der Waals surface area contributed by atoms with E-state index in [1.165, 1.54) is 12.8 Å². The Morgan fingerprint density at radius 2 is 2.08 bits per heavy atom. The van der Waals surface area contributed by atoms with Gasteiger partial charge in [0.05, 0.1) is 25.4 Å². The van der Waals surface area contributed by atoms with E-state index in [1.54, 1.807) is 18.2 Å². The van der Waals surface area contributed by atoms with Crippen LogP contribution in [-0.2, 0) is 9.47 Å². The topological polar surface area (TPSA) is 57.2 Å². The molecule has 0 unspecified atom stereocenters. The summed E-state index contributed by atoms with van der Waals surface area (Å²) in [4.78, 5) is 14.9. The molecular weight excluding hydrogens is 310 g/mol. The van der Waals surface area contributed by atoms with Crippen LogP contribution in [0.4, 0.5) is 0 Å². The quantitative estimate of drug-likeness (QED) is 0.840. The highest BCUT2D eigenvalue weighted by Crippen LogP contribution is 2.37. The molecule has 0 radical (unpaired) electrons. The van der Waals surface area contributed by atoms with E-state index in [0.717, 1.165) is 12.5 Å².